The molecule has 0 aliphatic rings. The summed E-state index contributed by atoms with van der Waals surface area (Å²) in [4.78, 5) is 11.6. The van der Waals surface area contributed by atoms with Crippen LogP contribution in [0.15, 0.2) is 24.3 Å². The molecule has 0 aliphatic heterocycles. The summed E-state index contributed by atoms with van der Waals surface area (Å²) in [6, 6.07) is 7.60. The molecule has 0 heterocycles. The van der Waals surface area contributed by atoms with E-state index in [0.29, 0.717) is 24.5 Å². The minimum Gasteiger partial charge on any atom is -0.380 e. The van der Waals surface area contributed by atoms with E-state index in [1.807, 2.05) is 24.3 Å². The second kappa shape index (κ2) is 10.0. The van der Waals surface area contributed by atoms with Gasteiger partial charge in [0.1, 0.15) is 0 Å². The number of rotatable bonds is 7. The molecule has 1 rings (SSSR count). The Morgan fingerprint density at radius 3 is 2.84 bits per heavy atom. The van der Waals surface area contributed by atoms with Crippen molar-refractivity contribution in [2.45, 2.75) is 18.9 Å². The third kappa shape index (κ3) is 7.38. The van der Waals surface area contributed by atoms with E-state index >= 15 is 0 Å². The summed E-state index contributed by atoms with van der Waals surface area (Å²) in [5.41, 5.74) is 6.55. The predicted octanol–water partition coefficient (Wildman–Crippen LogP) is 1.78. The summed E-state index contributed by atoms with van der Waals surface area (Å²) in [6.07, 6.45) is 0.839. The maximum Gasteiger partial charge on any atom is 0.222 e. The van der Waals surface area contributed by atoms with Gasteiger partial charge in [-0.15, -0.1) is 12.4 Å². The largest absolute Gasteiger partial charge is 0.380 e. The van der Waals surface area contributed by atoms with Gasteiger partial charge in [-0.3, -0.25) is 4.79 Å². The van der Waals surface area contributed by atoms with Gasteiger partial charge in [-0.05, 0) is 24.1 Å². The zero-order chi connectivity index (χ0) is 13.4. The number of carbonyl (C=O) groups is 1. The number of carbonyl (C=O) groups excluding carboxylic acids is 1. The van der Waals surface area contributed by atoms with Crippen molar-refractivity contribution in [2.24, 2.45) is 5.73 Å². The van der Waals surface area contributed by atoms with Crippen molar-refractivity contribution in [1.82, 2.24) is 5.32 Å². The van der Waals surface area contributed by atoms with Gasteiger partial charge in [0.2, 0.25) is 5.91 Å². The average Bonchev–Trinajstić information content (AvgIpc) is 2.36. The van der Waals surface area contributed by atoms with E-state index in [1.54, 1.807) is 7.11 Å². The Bertz CT molecular complexity index is 385. The number of nitrogens with two attached hydrogens (primary N) is 1. The monoisotopic (exact) mass is 306 g/mol. The minimum atomic E-state index is -0.212. The van der Waals surface area contributed by atoms with Crippen molar-refractivity contribution in [3.8, 4) is 0 Å². The maximum atomic E-state index is 11.6. The molecule has 19 heavy (non-hydrogen) atoms. The number of halogens is 2. The van der Waals surface area contributed by atoms with E-state index in [4.69, 9.17) is 22.1 Å². The first kappa shape index (κ1) is 18.2. The number of methoxy groups -OCH3 is 1. The van der Waals surface area contributed by atoms with E-state index in [1.165, 1.54) is 0 Å². The fourth-order valence-corrected chi connectivity index (χ4v) is 1.79. The van der Waals surface area contributed by atoms with Crippen molar-refractivity contribution >= 4 is 29.9 Å². The third-order valence-electron chi connectivity index (χ3n) is 2.63. The van der Waals surface area contributed by atoms with Crippen LogP contribution < -0.4 is 11.1 Å². The average molecular weight is 307 g/mol. The lowest BCUT2D eigenvalue weighted by atomic mass is 10.1. The van der Waals surface area contributed by atoms with Gasteiger partial charge >= 0.3 is 0 Å². The standard InChI is InChI=1S/C13H19ClN2O2.ClH/c1-18-12(9-15)8-13(17)16-6-5-10-3-2-4-11(14)7-10;/h2-4,7,12H,5-6,8-9,15H2,1H3,(H,16,17);1H. The third-order valence-corrected chi connectivity index (χ3v) is 2.87. The van der Waals surface area contributed by atoms with E-state index < -0.39 is 0 Å². The Balaban J connectivity index is 0.00000324. The zero-order valence-corrected chi connectivity index (χ0v) is 12.5. The van der Waals surface area contributed by atoms with E-state index in [-0.39, 0.29) is 24.4 Å². The molecular formula is C13H20Cl2N2O2. The Hall–Kier alpha value is -0.810. The molecule has 0 bridgehead atoms. The van der Waals surface area contributed by atoms with E-state index in [0.717, 1.165) is 12.0 Å². The number of hydrogen-bond acceptors (Lipinski definition) is 3. The first-order valence-corrected chi connectivity index (χ1v) is 6.27. The van der Waals surface area contributed by atoms with Gasteiger partial charge in [0.25, 0.3) is 0 Å². The van der Waals surface area contributed by atoms with Crippen LogP contribution in [-0.2, 0) is 16.0 Å². The predicted molar refractivity (Wildman–Crippen MR) is 79.9 cm³/mol. The molecule has 1 atom stereocenters. The molecule has 1 aromatic carbocycles. The highest BCUT2D eigenvalue weighted by Crippen LogP contribution is 2.10. The summed E-state index contributed by atoms with van der Waals surface area (Å²) >= 11 is 5.87. The molecule has 4 nitrogen and oxygen atoms in total. The highest BCUT2D eigenvalue weighted by Gasteiger charge is 2.10. The molecular weight excluding hydrogens is 287 g/mol. The van der Waals surface area contributed by atoms with Crippen LogP contribution in [-0.4, -0.2) is 32.2 Å². The summed E-state index contributed by atoms with van der Waals surface area (Å²) in [5.74, 6) is -0.0469. The topological polar surface area (TPSA) is 64.3 Å². The van der Waals surface area contributed by atoms with Crippen LogP contribution in [0.5, 0.6) is 0 Å². The maximum absolute atomic E-state index is 11.6. The van der Waals surface area contributed by atoms with Gasteiger partial charge in [0.05, 0.1) is 12.5 Å². The summed E-state index contributed by atoms with van der Waals surface area (Å²) in [5, 5.41) is 3.54. The molecule has 0 fully saturated rings. The van der Waals surface area contributed by atoms with Crippen LogP contribution in [0, 0.1) is 0 Å². The van der Waals surface area contributed by atoms with Crippen LogP contribution >= 0.6 is 24.0 Å². The molecule has 1 aromatic rings. The number of amides is 1. The number of benzene rings is 1. The SMILES string of the molecule is COC(CN)CC(=O)NCCc1cccc(Cl)c1.Cl. The number of hydrogen-bond donors (Lipinski definition) is 2. The molecule has 1 unspecified atom stereocenters. The summed E-state index contributed by atoms with van der Waals surface area (Å²) < 4.78 is 5.05. The highest BCUT2D eigenvalue weighted by atomic mass is 35.5. The zero-order valence-electron chi connectivity index (χ0n) is 10.9. The lowest BCUT2D eigenvalue weighted by molar-refractivity contribution is -0.123. The Morgan fingerprint density at radius 1 is 1.53 bits per heavy atom. The fraction of sp³-hybridized carbons (Fsp3) is 0.462. The molecule has 0 aromatic heterocycles. The van der Waals surface area contributed by atoms with E-state index in [2.05, 4.69) is 5.32 Å². The summed E-state index contributed by atoms with van der Waals surface area (Å²) in [7, 11) is 1.55. The van der Waals surface area contributed by atoms with Gasteiger partial charge in [0.15, 0.2) is 0 Å². The lowest BCUT2D eigenvalue weighted by Gasteiger charge is -2.12. The minimum absolute atomic E-state index is 0. The molecule has 0 aliphatic carbocycles. The molecule has 0 spiro atoms. The fourth-order valence-electron chi connectivity index (χ4n) is 1.58. The van der Waals surface area contributed by atoms with Gasteiger partial charge in [-0.25, -0.2) is 0 Å². The smallest absolute Gasteiger partial charge is 0.222 e. The Labute approximate surface area is 125 Å². The number of nitrogens with one attached hydrogen (secondary N) is 1. The molecule has 3 N–H and O–H groups in total. The number of ether oxygens (including phenoxy) is 1. The first-order valence-electron chi connectivity index (χ1n) is 5.89. The van der Waals surface area contributed by atoms with Gasteiger partial charge in [-0.1, -0.05) is 23.7 Å². The van der Waals surface area contributed by atoms with Crippen molar-refractivity contribution in [2.75, 3.05) is 20.2 Å². The van der Waals surface area contributed by atoms with Crippen LogP contribution in [0.1, 0.15) is 12.0 Å². The first-order chi connectivity index (χ1) is 8.65. The Kier molecular flexibility index (Phi) is 9.61. The van der Waals surface area contributed by atoms with Crippen LogP contribution in [0.25, 0.3) is 0 Å². The molecule has 1 amide bonds. The molecule has 0 radical (unpaired) electrons. The van der Waals surface area contributed by atoms with Gasteiger partial charge < -0.3 is 15.8 Å². The quantitative estimate of drug-likeness (QED) is 0.807. The molecule has 0 saturated heterocycles. The second-order valence-electron chi connectivity index (χ2n) is 4.03. The lowest BCUT2D eigenvalue weighted by Crippen LogP contribution is -2.33. The summed E-state index contributed by atoms with van der Waals surface area (Å²) in [6.45, 7) is 0.929. The van der Waals surface area contributed by atoms with Gasteiger partial charge in [-0.2, -0.15) is 0 Å². The van der Waals surface area contributed by atoms with E-state index in [9.17, 15) is 4.79 Å². The molecule has 6 heteroatoms. The van der Waals surface area contributed by atoms with Crippen LogP contribution in [0.4, 0.5) is 0 Å². The highest BCUT2D eigenvalue weighted by molar-refractivity contribution is 6.30. The van der Waals surface area contributed by atoms with Crippen molar-refractivity contribution in [3.05, 3.63) is 34.9 Å². The molecule has 0 saturated carbocycles. The Morgan fingerprint density at radius 2 is 2.26 bits per heavy atom. The van der Waals surface area contributed by atoms with Crippen molar-refractivity contribution < 1.29 is 9.53 Å². The second-order valence-corrected chi connectivity index (χ2v) is 4.46. The van der Waals surface area contributed by atoms with Crippen LogP contribution in [0.2, 0.25) is 5.02 Å². The van der Waals surface area contributed by atoms with Crippen LogP contribution in [0.3, 0.4) is 0 Å². The normalized spacial score (nSPS) is 11.5. The van der Waals surface area contributed by atoms with Crippen molar-refractivity contribution in [3.63, 3.8) is 0 Å². The van der Waals surface area contributed by atoms with Crippen molar-refractivity contribution in [1.29, 1.82) is 0 Å². The van der Waals surface area contributed by atoms with Gasteiger partial charge in [0, 0.05) is 25.2 Å². The molecule has 108 valence electrons.